The lowest BCUT2D eigenvalue weighted by Crippen LogP contribution is -2.19. The van der Waals surface area contributed by atoms with Crippen LogP contribution in [0.5, 0.6) is 0 Å². The number of aromatic nitrogens is 2. The molecule has 0 aliphatic rings. The lowest BCUT2D eigenvalue weighted by molar-refractivity contribution is -0.138. The maximum absolute atomic E-state index is 12.7. The van der Waals surface area contributed by atoms with Crippen molar-refractivity contribution in [2.45, 2.75) is 19.3 Å². The largest absolute Gasteiger partial charge is 0.481 e. The molecule has 1 heterocycles. The van der Waals surface area contributed by atoms with Crippen molar-refractivity contribution < 1.29 is 14.7 Å². The highest BCUT2D eigenvalue weighted by Gasteiger charge is 2.21. The van der Waals surface area contributed by atoms with E-state index in [-0.39, 0.29) is 5.91 Å². The maximum atomic E-state index is 12.7. The van der Waals surface area contributed by atoms with Gasteiger partial charge in [-0.1, -0.05) is 42.5 Å². The maximum Gasteiger partial charge on any atom is 0.310 e. The summed E-state index contributed by atoms with van der Waals surface area (Å²) in [5.41, 5.74) is 2.85. The Bertz CT molecular complexity index is 1350. The Morgan fingerprint density at radius 3 is 2.38 bits per heavy atom. The van der Waals surface area contributed by atoms with Crippen LogP contribution in [0.1, 0.15) is 40.2 Å². The molecule has 3 aromatic carbocycles. The molecule has 34 heavy (non-hydrogen) atoms. The summed E-state index contributed by atoms with van der Waals surface area (Å²) in [6.45, 7) is 1.62. The Kier molecular flexibility index (Phi) is 6.54. The van der Waals surface area contributed by atoms with Gasteiger partial charge in [-0.05, 0) is 47.5 Å². The Morgan fingerprint density at radius 2 is 1.71 bits per heavy atom. The molecule has 0 fully saturated rings. The molecule has 4 aromatic rings. The molecule has 0 radical (unpaired) electrons. The van der Waals surface area contributed by atoms with E-state index in [0.29, 0.717) is 34.9 Å². The van der Waals surface area contributed by atoms with E-state index in [0.717, 1.165) is 16.3 Å². The predicted octanol–water partition coefficient (Wildman–Crippen LogP) is 4.73. The highest BCUT2D eigenvalue weighted by molar-refractivity contribution is 6.06. The van der Waals surface area contributed by atoms with Crippen LogP contribution in [-0.4, -0.2) is 41.0 Å². The molecular formula is C27H26N4O3. The van der Waals surface area contributed by atoms with E-state index in [9.17, 15) is 14.7 Å². The number of hydrogen-bond donors (Lipinski definition) is 2. The first-order valence-corrected chi connectivity index (χ1v) is 11.0. The summed E-state index contributed by atoms with van der Waals surface area (Å²) in [5.74, 6) is -0.588. The van der Waals surface area contributed by atoms with Crippen LogP contribution in [0.2, 0.25) is 0 Å². The topological polar surface area (TPSA) is 95.4 Å². The van der Waals surface area contributed by atoms with Crippen LogP contribution in [0.25, 0.3) is 10.8 Å². The molecule has 7 nitrogen and oxygen atoms in total. The second kappa shape index (κ2) is 9.70. The second-order valence-corrected chi connectivity index (χ2v) is 8.41. The fourth-order valence-electron chi connectivity index (χ4n) is 3.72. The Labute approximate surface area is 198 Å². The average Bonchev–Trinajstić information content (AvgIpc) is 2.84. The van der Waals surface area contributed by atoms with Gasteiger partial charge in [0.15, 0.2) is 0 Å². The molecule has 1 amide bonds. The van der Waals surface area contributed by atoms with Crippen molar-refractivity contribution in [3.8, 4) is 0 Å². The van der Waals surface area contributed by atoms with Crippen molar-refractivity contribution in [1.82, 2.24) is 9.97 Å². The smallest absolute Gasteiger partial charge is 0.310 e. The Hall–Kier alpha value is -4.26. The third-order valence-electron chi connectivity index (χ3n) is 5.69. The number of benzene rings is 3. The van der Waals surface area contributed by atoms with Crippen LogP contribution >= 0.6 is 0 Å². The second-order valence-electron chi connectivity index (χ2n) is 8.41. The fourth-order valence-corrected chi connectivity index (χ4v) is 3.72. The van der Waals surface area contributed by atoms with Crippen LogP contribution in [0, 0.1) is 0 Å². The number of carboxylic acid groups (broad SMARTS) is 1. The van der Waals surface area contributed by atoms with Crippen molar-refractivity contribution in [2.24, 2.45) is 0 Å². The fraction of sp³-hybridized carbons (Fsp3) is 0.185. The van der Waals surface area contributed by atoms with Gasteiger partial charge in [-0.25, -0.2) is 9.97 Å². The zero-order valence-electron chi connectivity index (χ0n) is 19.3. The molecule has 1 aromatic heterocycles. The summed E-state index contributed by atoms with van der Waals surface area (Å²) in [6, 6.07) is 21.1. The quantitative estimate of drug-likeness (QED) is 0.419. The van der Waals surface area contributed by atoms with Crippen molar-refractivity contribution in [3.05, 3.63) is 95.4 Å². The summed E-state index contributed by atoms with van der Waals surface area (Å²) in [4.78, 5) is 34.9. The van der Waals surface area contributed by atoms with Gasteiger partial charge in [0.25, 0.3) is 5.91 Å². The first-order valence-electron chi connectivity index (χ1n) is 11.0. The van der Waals surface area contributed by atoms with Gasteiger partial charge in [0.2, 0.25) is 0 Å². The molecule has 0 saturated carbocycles. The molecule has 0 aliphatic carbocycles. The SMILES string of the molecule is CC(C(=O)O)c1cnc(Cc2ccc(NC(=O)c3ccc4ccccc4c3)cc2)nc1N(C)C. The summed E-state index contributed by atoms with van der Waals surface area (Å²) < 4.78 is 0. The van der Waals surface area contributed by atoms with Crippen molar-refractivity contribution in [2.75, 3.05) is 24.3 Å². The van der Waals surface area contributed by atoms with Gasteiger partial charge in [-0.2, -0.15) is 0 Å². The van der Waals surface area contributed by atoms with Crippen molar-refractivity contribution in [3.63, 3.8) is 0 Å². The zero-order chi connectivity index (χ0) is 24.2. The van der Waals surface area contributed by atoms with Gasteiger partial charge < -0.3 is 15.3 Å². The number of aliphatic carboxylic acids is 1. The van der Waals surface area contributed by atoms with Crippen LogP contribution in [0.4, 0.5) is 11.5 Å². The number of fused-ring (bicyclic) bond motifs is 1. The molecule has 7 heteroatoms. The summed E-state index contributed by atoms with van der Waals surface area (Å²) in [6.07, 6.45) is 2.08. The molecule has 1 atom stereocenters. The monoisotopic (exact) mass is 454 g/mol. The molecule has 1 unspecified atom stereocenters. The zero-order valence-corrected chi connectivity index (χ0v) is 19.3. The van der Waals surface area contributed by atoms with E-state index >= 15 is 0 Å². The highest BCUT2D eigenvalue weighted by atomic mass is 16.4. The molecule has 0 saturated heterocycles. The number of nitrogens with one attached hydrogen (secondary N) is 1. The number of nitrogens with zero attached hydrogens (tertiary/aromatic N) is 3. The third-order valence-corrected chi connectivity index (χ3v) is 5.69. The lowest BCUT2D eigenvalue weighted by Gasteiger charge is -2.19. The average molecular weight is 455 g/mol. The summed E-state index contributed by atoms with van der Waals surface area (Å²) in [7, 11) is 3.66. The molecular weight excluding hydrogens is 428 g/mol. The number of carboxylic acids is 1. The van der Waals surface area contributed by atoms with Gasteiger partial charge >= 0.3 is 5.97 Å². The standard InChI is InChI=1S/C27H26N4O3/c1-17(27(33)34)23-16-28-24(30-25(23)31(2)3)14-18-8-12-22(13-9-18)29-26(32)21-11-10-19-6-4-5-7-20(19)15-21/h4-13,15-17H,14H2,1-3H3,(H,29,32)(H,33,34). The predicted molar refractivity (Wildman–Crippen MR) is 134 cm³/mol. The van der Waals surface area contributed by atoms with Crippen LogP contribution in [0.3, 0.4) is 0 Å². The minimum absolute atomic E-state index is 0.166. The van der Waals surface area contributed by atoms with E-state index in [1.807, 2.05) is 80.8 Å². The number of anilines is 2. The number of rotatable bonds is 7. The number of carbonyl (C=O) groups excluding carboxylic acids is 1. The number of amides is 1. The number of carbonyl (C=O) groups is 2. The Balaban J connectivity index is 1.46. The van der Waals surface area contributed by atoms with Crippen molar-refractivity contribution >= 4 is 34.2 Å². The molecule has 0 bridgehead atoms. The lowest BCUT2D eigenvalue weighted by atomic mass is 10.0. The van der Waals surface area contributed by atoms with Gasteiger partial charge in [-0.3, -0.25) is 9.59 Å². The van der Waals surface area contributed by atoms with E-state index in [1.54, 1.807) is 18.0 Å². The minimum Gasteiger partial charge on any atom is -0.481 e. The third kappa shape index (κ3) is 5.04. The van der Waals surface area contributed by atoms with Gasteiger partial charge in [0.1, 0.15) is 11.6 Å². The highest BCUT2D eigenvalue weighted by Crippen LogP contribution is 2.25. The van der Waals surface area contributed by atoms with Crippen LogP contribution in [-0.2, 0) is 11.2 Å². The van der Waals surface area contributed by atoms with E-state index in [4.69, 9.17) is 0 Å². The first kappa shape index (κ1) is 22.9. The molecule has 172 valence electrons. The minimum atomic E-state index is -0.916. The van der Waals surface area contributed by atoms with Crippen LogP contribution < -0.4 is 10.2 Å². The Morgan fingerprint density at radius 1 is 1.00 bits per heavy atom. The number of hydrogen-bond acceptors (Lipinski definition) is 5. The molecule has 0 aliphatic heterocycles. The van der Waals surface area contributed by atoms with E-state index in [1.165, 1.54) is 0 Å². The molecule has 2 N–H and O–H groups in total. The molecule has 4 rings (SSSR count). The van der Waals surface area contributed by atoms with E-state index < -0.39 is 11.9 Å². The van der Waals surface area contributed by atoms with Gasteiger partial charge in [-0.15, -0.1) is 0 Å². The summed E-state index contributed by atoms with van der Waals surface area (Å²) in [5, 5.41) is 14.4. The van der Waals surface area contributed by atoms with E-state index in [2.05, 4.69) is 15.3 Å². The normalized spacial score (nSPS) is 11.7. The first-order chi connectivity index (χ1) is 16.3. The van der Waals surface area contributed by atoms with Gasteiger partial charge in [0.05, 0.1) is 5.92 Å². The summed E-state index contributed by atoms with van der Waals surface area (Å²) >= 11 is 0. The van der Waals surface area contributed by atoms with Crippen molar-refractivity contribution in [1.29, 1.82) is 0 Å². The van der Waals surface area contributed by atoms with Gasteiger partial charge in [0, 0.05) is 43.5 Å². The van der Waals surface area contributed by atoms with Crippen LogP contribution in [0.15, 0.2) is 72.9 Å². The molecule has 0 spiro atoms.